The molecule has 3 aromatic heterocycles. The second-order valence-corrected chi connectivity index (χ2v) is 7.70. The Bertz CT molecular complexity index is 1060. The number of carbonyl (C=O) groups is 1. The van der Waals surface area contributed by atoms with Crippen molar-refractivity contribution < 1.29 is 9.18 Å². The number of anilines is 2. The lowest BCUT2D eigenvalue weighted by Crippen LogP contribution is -2.54. The third-order valence-electron chi connectivity index (χ3n) is 5.61. The maximum absolute atomic E-state index is 14.2. The van der Waals surface area contributed by atoms with Gasteiger partial charge < -0.3 is 25.3 Å². The maximum Gasteiger partial charge on any atom is 0.227 e. The highest BCUT2D eigenvalue weighted by atomic mass is 19.1. The van der Waals surface area contributed by atoms with Crippen LogP contribution in [-0.4, -0.2) is 57.5 Å². The number of fused-ring (bicyclic) bond motifs is 1. The first-order valence-electron chi connectivity index (χ1n) is 10.1. The van der Waals surface area contributed by atoms with Crippen LogP contribution in [0.2, 0.25) is 0 Å². The zero-order valence-electron chi connectivity index (χ0n) is 16.4. The zero-order valence-corrected chi connectivity index (χ0v) is 16.4. The first-order chi connectivity index (χ1) is 14.7. The number of hydrogen-bond acceptors (Lipinski definition) is 7. The van der Waals surface area contributed by atoms with Crippen molar-refractivity contribution in [2.45, 2.75) is 19.0 Å². The lowest BCUT2D eigenvalue weighted by molar-refractivity contribution is -0.125. The molecule has 0 bridgehead atoms. The van der Waals surface area contributed by atoms with Gasteiger partial charge in [0.1, 0.15) is 5.65 Å². The second-order valence-electron chi connectivity index (χ2n) is 7.70. The van der Waals surface area contributed by atoms with Crippen molar-refractivity contribution in [1.82, 2.24) is 30.0 Å². The highest BCUT2D eigenvalue weighted by molar-refractivity contribution is 5.81. The Morgan fingerprint density at radius 3 is 3.00 bits per heavy atom. The summed E-state index contributed by atoms with van der Waals surface area (Å²) in [7, 11) is 0. The van der Waals surface area contributed by atoms with Gasteiger partial charge in [0.05, 0.1) is 30.6 Å². The van der Waals surface area contributed by atoms with Crippen LogP contribution in [0.5, 0.6) is 0 Å². The molecular formula is C20H23FN8O. The Kier molecular flexibility index (Phi) is 4.91. The summed E-state index contributed by atoms with van der Waals surface area (Å²) in [5.41, 5.74) is 1.75. The zero-order chi connectivity index (χ0) is 20.5. The maximum atomic E-state index is 14.2. The number of carbonyl (C=O) groups excluding carboxylic acids is 1. The Labute approximate surface area is 172 Å². The molecule has 2 saturated heterocycles. The van der Waals surface area contributed by atoms with Crippen molar-refractivity contribution in [2.24, 2.45) is 5.92 Å². The Balaban J connectivity index is 1.17. The first-order valence-corrected chi connectivity index (χ1v) is 10.1. The Morgan fingerprint density at radius 2 is 2.17 bits per heavy atom. The van der Waals surface area contributed by atoms with E-state index in [2.05, 4.69) is 30.9 Å². The van der Waals surface area contributed by atoms with Crippen molar-refractivity contribution in [3.05, 3.63) is 48.3 Å². The fraction of sp³-hybridized carbons (Fsp3) is 0.400. The molecule has 1 atom stereocenters. The molecule has 2 aliphatic rings. The number of nitrogens with one attached hydrogen (secondary N) is 3. The lowest BCUT2D eigenvalue weighted by atomic mass is 9.99. The molecule has 0 spiro atoms. The van der Waals surface area contributed by atoms with Crippen LogP contribution < -0.4 is 20.9 Å². The number of halogens is 1. The molecule has 156 valence electrons. The van der Waals surface area contributed by atoms with Gasteiger partial charge in [-0.2, -0.15) is 4.98 Å². The molecule has 3 aromatic rings. The minimum atomic E-state index is -0.477. The van der Waals surface area contributed by atoms with Gasteiger partial charge >= 0.3 is 0 Å². The molecule has 0 radical (unpaired) electrons. The summed E-state index contributed by atoms with van der Waals surface area (Å²) in [5, 5.41) is 9.44. The summed E-state index contributed by atoms with van der Waals surface area (Å²) in [5.74, 6) is -0.0736. The molecule has 1 amide bonds. The number of imidazole rings is 1. The topological polar surface area (TPSA) is 99.5 Å². The Morgan fingerprint density at radius 1 is 1.27 bits per heavy atom. The van der Waals surface area contributed by atoms with Gasteiger partial charge in [0.2, 0.25) is 11.9 Å². The molecule has 5 heterocycles. The van der Waals surface area contributed by atoms with Gasteiger partial charge in [-0.3, -0.25) is 4.79 Å². The minimum Gasteiger partial charge on any atom is -0.352 e. The van der Waals surface area contributed by atoms with Gasteiger partial charge in [0.15, 0.2) is 11.6 Å². The number of amides is 1. The molecule has 2 fully saturated rings. The highest BCUT2D eigenvalue weighted by Gasteiger charge is 2.35. The third-order valence-corrected chi connectivity index (χ3v) is 5.61. The van der Waals surface area contributed by atoms with E-state index in [1.807, 2.05) is 28.8 Å². The molecule has 30 heavy (non-hydrogen) atoms. The summed E-state index contributed by atoms with van der Waals surface area (Å²) >= 11 is 0. The molecule has 0 aromatic carbocycles. The van der Waals surface area contributed by atoms with Crippen LogP contribution in [0, 0.1) is 11.7 Å². The summed E-state index contributed by atoms with van der Waals surface area (Å²) in [4.78, 5) is 27.0. The summed E-state index contributed by atoms with van der Waals surface area (Å²) in [6.07, 6.45) is 5.84. The standard InChI is InChI=1S/C20H23FN8O/c21-16-10-25-20(26-14-4-5-22-7-14)27-18(16)28-11-13(12-28)19(30)24-9-15-8-23-17-3-1-2-6-29(15)17/h1-3,6,8,10,13-14,22H,4-5,7,9,11-12H2,(H,24,30)(H,25,26,27). The van der Waals surface area contributed by atoms with E-state index >= 15 is 0 Å². The van der Waals surface area contributed by atoms with Crippen LogP contribution in [-0.2, 0) is 11.3 Å². The van der Waals surface area contributed by atoms with Crippen LogP contribution in [0.3, 0.4) is 0 Å². The molecule has 1 unspecified atom stereocenters. The predicted octanol–water partition coefficient (Wildman–Crippen LogP) is 0.790. The van der Waals surface area contributed by atoms with E-state index in [9.17, 15) is 9.18 Å². The SMILES string of the molecule is O=C(NCc1cnc2ccccn12)C1CN(c2nc(NC3CCNC3)ncc2F)C1. The molecule has 0 aliphatic carbocycles. The summed E-state index contributed by atoms with van der Waals surface area (Å²) < 4.78 is 16.2. The molecule has 0 saturated carbocycles. The number of rotatable bonds is 6. The van der Waals surface area contributed by atoms with Crippen LogP contribution >= 0.6 is 0 Å². The number of nitrogens with zero attached hydrogens (tertiary/aromatic N) is 5. The average molecular weight is 410 g/mol. The van der Waals surface area contributed by atoms with Crippen LogP contribution in [0.15, 0.2) is 36.8 Å². The molecule has 2 aliphatic heterocycles. The van der Waals surface area contributed by atoms with Crippen LogP contribution in [0.4, 0.5) is 16.2 Å². The van der Waals surface area contributed by atoms with Gasteiger partial charge in [0.25, 0.3) is 0 Å². The van der Waals surface area contributed by atoms with Crippen molar-refractivity contribution in [1.29, 1.82) is 0 Å². The van der Waals surface area contributed by atoms with Crippen LogP contribution in [0.1, 0.15) is 12.1 Å². The highest BCUT2D eigenvalue weighted by Crippen LogP contribution is 2.26. The van der Waals surface area contributed by atoms with Crippen molar-refractivity contribution in [3.63, 3.8) is 0 Å². The quantitative estimate of drug-likeness (QED) is 0.553. The second kappa shape index (κ2) is 7.86. The smallest absolute Gasteiger partial charge is 0.227 e. The van der Waals surface area contributed by atoms with E-state index in [0.29, 0.717) is 25.6 Å². The van der Waals surface area contributed by atoms with Gasteiger partial charge in [-0.1, -0.05) is 6.07 Å². The lowest BCUT2D eigenvalue weighted by Gasteiger charge is -2.39. The normalized spacial score (nSPS) is 19.1. The van der Waals surface area contributed by atoms with E-state index in [1.54, 1.807) is 11.1 Å². The third kappa shape index (κ3) is 3.65. The Hall–Kier alpha value is -3.27. The van der Waals surface area contributed by atoms with E-state index in [1.165, 1.54) is 6.20 Å². The van der Waals surface area contributed by atoms with Crippen molar-refractivity contribution in [3.8, 4) is 0 Å². The largest absolute Gasteiger partial charge is 0.352 e. The monoisotopic (exact) mass is 410 g/mol. The number of aromatic nitrogens is 4. The molecule has 9 nitrogen and oxygen atoms in total. The van der Waals surface area contributed by atoms with E-state index in [4.69, 9.17) is 0 Å². The predicted molar refractivity (Wildman–Crippen MR) is 110 cm³/mol. The van der Waals surface area contributed by atoms with Crippen molar-refractivity contribution >= 4 is 23.3 Å². The molecule has 10 heteroatoms. The minimum absolute atomic E-state index is 0.0537. The van der Waals surface area contributed by atoms with Crippen molar-refractivity contribution in [2.75, 3.05) is 36.4 Å². The van der Waals surface area contributed by atoms with Gasteiger partial charge in [-0.25, -0.2) is 14.4 Å². The van der Waals surface area contributed by atoms with Gasteiger partial charge in [0, 0.05) is 31.9 Å². The summed E-state index contributed by atoms with van der Waals surface area (Å²) in [6, 6.07) is 6.01. The van der Waals surface area contributed by atoms with E-state index < -0.39 is 5.82 Å². The average Bonchev–Trinajstić information content (AvgIpc) is 3.37. The first kappa shape index (κ1) is 18.7. The fourth-order valence-corrected chi connectivity index (χ4v) is 3.87. The molecule has 5 rings (SSSR count). The van der Waals surface area contributed by atoms with Crippen LogP contribution in [0.25, 0.3) is 5.65 Å². The summed E-state index contributed by atoms with van der Waals surface area (Å²) in [6.45, 7) is 3.04. The number of hydrogen-bond donors (Lipinski definition) is 3. The fourth-order valence-electron chi connectivity index (χ4n) is 3.87. The number of pyridine rings is 1. The van der Waals surface area contributed by atoms with E-state index in [0.717, 1.165) is 30.9 Å². The molecule has 3 N–H and O–H groups in total. The van der Waals surface area contributed by atoms with E-state index in [-0.39, 0.29) is 23.7 Å². The van der Waals surface area contributed by atoms with Gasteiger partial charge in [-0.15, -0.1) is 0 Å². The molecular weight excluding hydrogens is 387 g/mol. The van der Waals surface area contributed by atoms with Gasteiger partial charge in [-0.05, 0) is 25.1 Å².